The van der Waals surface area contributed by atoms with E-state index in [2.05, 4.69) is 21.3 Å². The van der Waals surface area contributed by atoms with Gasteiger partial charge in [0.15, 0.2) is 5.82 Å². The summed E-state index contributed by atoms with van der Waals surface area (Å²) in [5.41, 5.74) is 3.93. The van der Waals surface area contributed by atoms with Crippen molar-refractivity contribution in [2.75, 3.05) is 17.2 Å². The van der Waals surface area contributed by atoms with E-state index < -0.39 is 0 Å². The molecule has 0 bridgehead atoms. The molecule has 2 aromatic carbocycles. The number of carbonyl (C=O) groups is 1. The van der Waals surface area contributed by atoms with E-state index in [0.29, 0.717) is 22.5 Å². The molecule has 0 radical (unpaired) electrons. The third-order valence-corrected chi connectivity index (χ3v) is 5.54. The number of rotatable bonds is 7. The molecule has 0 aliphatic carbocycles. The molecule has 1 N–H and O–H groups in total. The standard InChI is InChI=1S/C21H20ClN5OS/c1-14-4-9-18(12-15(14)2)27(11-3-10-23)19(28)13-29-21-24-20(25-26-21)16-5-7-17(22)8-6-16/h4-9,12H,3,11,13H2,1-2H3,(H,24,25,26). The number of hydrogen-bond donors (Lipinski definition) is 1. The highest BCUT2D eigenvalue weighted by molar-refractivity contribution is 7.99. The Morgan fingerprint density at radius 3 is 2.66 bits per heavy atom. The van der Waals surface area contributed by atoms with Crippen molar-refractivity contribution in [2.24, 2.45) is 0 Å². The van der Waals surface area contributed by atoms with Gasteiger partial charge in [0.2, 0.25) is 11.1 Å². The second kappa shape index (κ2) is 9.59. The molecule has 0 aliphatic heterocycles. The number of halogens is 1. The quantitative estimate of drug-likeness (QED) is 0.550. The van der Waals surface area contributed by atoms with E-state index in [9.17, 15) is 4.79 Å². The van der Waals surface area contributed by atoms with E-state index in [1.165, 1.54) is 11.8 Å². The van der Waals surface area contributed by atoms with E-state index in [-0.39, 0.29) is 18.1 Å². The number of nitrogens with zero attached hydrogens (tertiary/aromatic N) is 4. The summed E-state index contributed by atoms with van der Waals surface area (Å²) >= 11 is 7.17. The van der Waals surface area contributed by atoms with Gasteiger partial charge in [-0.3, -0.25) is 9.89 Å². The van der Waals surface area contributed by atoms with Gasteiger partial charge < -0.3 is 4.90 Å². The van der Waals surface area contributed by atoms with Gasteiger partial charge in [-0.2, -0.15) is 5.26 Å². The lowest BCUT2D eigenvalue weighted by molar-refractivity contribution is -0.116. The second-order valence-electron chi connectivity index (χ2n) is 6.48. The number of amides is 1. The van der Waals surface area contributed by atoms with Gasteiger partial charge in [0.25, 0.3) is 0 Å². The molecular weight excluding hydrogens is 406 g/mol. The van der Waals surface area contributed by atoms with Gasteiger partial charge in [-0.05, 0) is 61.4 Å². The van der Waals surface area contributed by atoms with E-state index in [4.69, 9.17) is 16.9 Å². The third kappa shape index (κ3) is 5.37. The van der Waals surface area contributed by atoms with Crippen LogP contribution in [-0.4, -0.2) is 33.4 Å². The minimum absolute atomic E-state index is 0.0913. The fourth-order valence-corrected chi connectivity index (χ4v) is 3.51. The molecule has 0 fully saturated rings. The van der Waals surface area contributed by atoms with Gasteiger partial charge in [-0.15, -0.1) is 5.10 Å². The average molecular weight is 426 g/mol. The number of aromatic amines is 1. The maximum atomic E-state index is 12.8. The summed E-state index contributed by atoms with van der Waals surface area (Å²) in [5, 5.41) is 17.2. The minimum Gasteiger partial charge on any atom is -0.311 e. The van der Waals surface area contributed by atoms with Gasteiger partial charge in [0.05, 0.1) is 18.2 Å². The monoisotopic (exact) mass is 425 g/mol. The Bertz CT molecular complexity index is 1040. The Labute approximate surface area is 178 Å². The second-order valence-corrected chi connectivity index (χ2v) is 7.86. The van der Waals surface area contributed by atoms with Crippen molar-refractivity contribution < 1.29 is 4.79 Å². The average Bonchev–Trinajstić information content (AvgIpc) is 3.19. The van der Waals surface area contributed by atoms with Crippen LogP contribution in [0.4, 0.5) is 5.69 Å². The maximum absolute atomic E-state index is 12.8. The van der Waals surface area contributed by atoms with Crippen LogP contribution in [0.1, 0.15) is 17.5 Å². The molecule has 1 aromatic heterocycles. The number of carbonyl (C=O) groups excluding carboxylic acids is 1. The number of aryl methyl sites for hydroxylation is 2. The van der Waals surface area contributed by atoms with Crippen LogP contribution in [0.25, 0.3) is 11.4 Å². The number of H-pyrrole nitrogens is 1. The molecule has 1 amide bonds. The summed E-state index contributed by atoms with van der Waals surface area (Å²) in [6.45, 7) is 4.38. The van der Waals surface area contributed by atoms with Crippen molar-refractivity contribution in [3.63, 3.8) is 0 Å². The van der Waals surface area contributed by atoms with Crippen molar-refractivity contribution in [2.45, 2.75) is 25.4 Å². The van der Waals surface area contributed by atoms with Crippen LogP contribution in [0.5, 0.6) is 0 Å². The molecule has 0 atom stereocenters. The molecule has 6 nitrogen and oxygen atoms in total. The highest BCUT2D eigenvalue weighted by atomic mass is 35.5. The van der Waals surface area contributed by atoms with Crippen LogP contribution in [0.2, 0.25) is 5.02 Å². The molecule has 29 heavy (non-hydrogen) atoms. The maximum Gasteiger partial charge on any atom is 0.237 e. The minimum atomic E-state index is -0.0913. The molecule has 0 aliphatic rings. The molecule has 148 valence electrons. The molecule has 0 saturated carbocycles. The van der Waals surface area contributed by atoms with E-state index in [0.717, 1.165) is 22.4 Å². The van der Waals surface area contributed by atoms with Crippen molar-refractivity contribution in [3.8, 4) is 17.5 Å². The van der Waals surface area contributed by atoms with Gasteiger partial charge >= 0.3 is 0 Å². The topological polar surface area (TPSA) is 85.7 Å². The zero-order valence-electron chi connectivity index (χ0n) is 16.1. The first kappa shape index (κ1) is 20.9. The zero-order chi connectivity index (χ0) is 20.8. The zero-order valence-corrected chi connectivity index (χ0v) is 17.7. The molecule has 0 saturated heterocycles. The Balaban J connectivity index is 1.69. The van der Waals surface area contributed by atoms with Crippen LogP contribution >= 0.6 is 23.4 Å². The van der Waals surface area contributed by atoms with Crippen LogP contribution in [-0.2, 0) is 4.79 Å². The van der Waals surface area contributed by atoms with Crippen molar-refractivity contribution >= 4 is 35.0 Å². The Hall–Kier alpha value is -2.82. The van der Waals surface area contributed by atoms with Crippen molar-refractivity contribution in [1.82, 2.24) is 15.2 Å². The number of aromatic nitrogens is 3. The number of hydrogen-bond acceptors (Lipinski definition) is 5. The van der Waals surface area contributed by atoms with E-state index in [1.54, 1.807) is 17.0 Å². The van der Waals surface area contributed by atoms with Gasteiger partial charge in [-0.25, -0.2) is 4.98 Å². The fraction of sp³-hybridized carbons (Fsp3) is 0.238. The largest absolute Gasteiger partial charge is 0.311 e. The Kier molecular flexibility index (Phi) is 6.91. The lowest BCUT2D eigenvalue weighted by Gasteiger charge is -2.22. The predicted octanol–water partition coefficient (Wildman–Crippen LogP) is 4.78. The highest BCUT2D eigenvalue weighted by Crippen LogP contribution is 2.23. The summed E-state index contributed by atoms with van der Waals surface area (Å²) < 4.78 is 0. The molecule has 3 aromatic rings. The molecule has 0 spiro atoms. The van der Waals surface area contributed by atoms with Crippen LogP contribution in [0, 0.1) is 25.2 Å². The first-order valence-corrected chi connectivity index (χ1v) is 10.4. The summed E-state index contributed by atoms with van der Waals surface area (Å²) in [6.07, 6.45) is 0.269. The molecular formula is C21H20ClN5OS. The van der Waals surface area contributed by atoms with Gasteiger partial charge in [0.1, 0.15) is 0 Å². The normalized spacial score (nSPS) is 10.6. The predicted molar refractivity (Wildman–Crippen MR) is 116 cm³/mol. The summed E-state index contributed by atoms with van der Waals surface area (Å²) in [5.74, 6) is 0.703. The van der Waals surface area contributed by atoms with Gasteiger partial charge in [0, 0.05) is 22.8 Å². The van der Waals surface area contributed by atoms with Crippen molar-refractivity contribution in [1.29, 1.82) is 5.26 Å². The number of thioether (sulfide) groups is 1. The summed E-state index contributed by atoms with van der Waals surface area (Å²) in [6, 6.07) is 15.3. The lowest BCUT2D eigenvalue weighted by Crippen LogP contribution is -2.33. The smallest absolute Gasteiger partial charge is 0.237 e. The third-order valence-electron chi connectivity index (χ3n) is 4.46. The highest BCUT2D eigenvalue weighted by Gasteiger charge is 2.17. The van der Waals surface area contributed by atoms with E-state index in [1.807, 2.05) is 44.2 Å². The summed E-state index contributed by atoms with van der Waals surface area (Å²) in [7, 11) is 0. The first-order valence-electron chi connectivity index (χ1n) is 9.03. The first-order chi connectivity index (χ1) is 14.0. The molecule has 1 heterocycles. The molecule has 8 heteroatoms. The Morgan fingerprint density at radius 1 is 1.21 bits per heavy atom. The fourth-order valence-electron chi connectivity index (χ4n) is 2.71. The van der Waals surface area contributed by atoms with Crippen LogP contribution in [0.3, 0.4) is 0 Å². The summed E-state index contributed by atoms with van der Waals surface area (Å²) in [4.78, 5) is 18.9. The SMILES string of the molecule is Cc1ccc(N(CCC#N)C(=O)CSc2n[nH]c(-c3ccc(Cl)cc3)n2)cc1C. The van der Waals surface area contributed by atoms with Crippen molar-refractivity contribution in [3.05, 3.63) is 58.6 Å². The number of nitriles is 1. The Morgan fingerprint density at radius 2 is 1.97 bits per heavy atom. The number of benzene rings is 2. The molecule has 3 rings (SSSR count). The molecule has 0 unspecified atom stereocenters. The lowest BCUT2D eigenvalue weighted by atomic mass is 10.1. The van der Waals surface area contributed by atoms with Crippen LogP contribution < -0.4 is 4.90 Å². The number of anilines is 1. The van der Waals surface area contributed by atoms with Crippen LogP contribution in [0.15, 0.2) is 47.6 Å². The van der Waals surface area contributed by atoms with Gasteiger partial charge in [-0.1, -0.05) is 29.4 Å². The van der Waals surface area contributed by atoms with E-state index >= 15 is 0 Å². The number of nitrogens with one attached hydrogen (secondary N) is 1.